The van der Waals surface area contributed by atoms with Crippen LogP contribution in [0.2, 0.25) is 0 Å². The number of amides is 3. The number of fused-ring (bicyclic) bond motifs is 1. The first-order valence-electron chi connectivity index (χ1n) is 13.3. The Balaban J connectivity index is 1.69. The van der Waals surface area contributed by atoms with Crippen LogP contribution in [0.5, 0.6) is 0 Å². The molecule has 3 amide bonds. The number of benzene rings is 2. The van der Waals surface area contributed by atoms with Crippen molar-refractivity contribution in [3.05, 3.63) is 70.3 Å². The van der Waals surface area contributed by atoms with Gasteiger partial charge in [0.25, 0.3) is 10.1 Å². The molecule has 4 unspecified atom stereocenters. The molecule has 2 heterocycles. The van der Waals surface area contributed by atoms with Gasteiger partial charge in [-0.3, -0.25) is 8.98 Å². The fourth-order valence-corrected chi connectivity index (χ4v) is 6.13. The van der Waals surface area contributed by atoms with Crippen LogP contribution in [0.1, 0.15) is 53.2 Å². The zero-order valence-corrected chi connectivity index (χ0v) is 24.6. The second-order valence-corrected chi connectivity index (χ2v) is 12.6. The fourth-order valence-electron chi connectivity index (χ4n) is 5.72. The van der Waals surface area contributed by atoms with Crippen LogP contribution in [0.3, 0.4) is 0 Å². The Morgan fingerprint density at radius 3 is 2.16 bits per heavy atom. The molecule has 0 aliphatic carbocycles. The van der Waals surface area contributed by atoms with E-state index >= 15 is 0 Å². The number of aryl methyl sites for hydroxylation is 1. The Morgan fingerprint density at radius 2 is 1.63 bits per heavy atom. The number of carbonyl (C=O) groups is 2. The van der Waals surface area contributed by atoms with Gasteiger partial charge in [-0.2, -0.15) is 34.8 Å². The summed E-state index contributed by atoms with van der Waals surface area (Å²) in [6.07, 6.45) is -9.05. The topological polar surface area (TPSA) is 87.2 Å². The SMILES string of the molecule is Cc1ccccc1C1C2CC(COS(C)(=O)=O)C(=O)N2CCN1C(=O)N(C)C(C)c1cc(C(F)(F)F)cc(C(F)(F)F)c1. The van der Waals surface area contributed by atoms with Crippen molar-refractivity contribution in [3.63, 3.8) is 0 Å². The molecule has 4 rings (SSSR count). The molecule has 8 nitrogen and oxygen atoms in total. The van der Waals surface area contributed by atoms with Gasteiger partial charge in [-0.05, 0) is 55.2 Å². The zero-order valence-electron chi connectivity index (χ0n) is 23.7. The van der Waals surface area contributed by atoms with E-state index < -0.39 is 63.7 Å². The van der Waals surface area contributed by atoms with E-state index in [0.717, 1.165) is 16.7 Å². The third-order valence-electron chi connectivity index (χ3n) is 8.05. The summed E-state index contributed by atoms with van der Waals surface area (Å²) in [5.74, 6) is -1.12. The van der Waals surface area contributed by atoms with E-state index in [4.69, 9.17) is 4.18 Å². The van der Waals surface area contributed by atoms with E-state index in [1.807, 2.05) is 13.0 Å². The van der Waals surface area contributed by atoms with Crippen molar-refractivity contribution in [2.45, 2.75) is 50.7 Å². The molecule has 0 saturated carbocycles. The number of piperazine rings is 1. The number of rotatable bonds is 6. The predicted molar refractivity (Wildman–Crippen MR) is 143 cm³/mol. The molecule has 0 N–H and O–H groups in total. The lowest BCUT2D eigenvalue weighted by Gasteiger charge is -2.47. The molecule has 0 spiro atoms. The average Bonchev–Trinajstić information content (AvgIpc) is 3.24. The van der Waals surface area contributed by atoms with E-state index in [9.17, 15) is 44.3 Å². The normalized spacial score (nSPS) is 22.0. The number of alkyl halides is 6. The minimum Gasteiger partial charge on any atom is -0.335 e. The fraction of sp³-hybridized carbons (Fsp3) is 0.500. The monoisotopic (exact) mass is 635 g/mol. The Morgan fingerprint density at radius 1 is 1.05 bits per heavy atom. The number of carbonyl (C=O) groups excluding carboxylic acids is 2. The van der Waals surface area contributed by atoms with Gasteiger partial charge in [-0.15, -0.1) is 0 Å². The van der Waals surface area contributed by atoms with Crippen LogP contribution in [-0.2, 0) is 31.4 Å². The predicted octanol–water partition coefficient (Wildman–Crippen LogP) is 5.40. The summed E-state index contributed by atoms with van der Waals surface area (Å²) in [7, 11) is -2.52. The molecule has 43 heavy (non-hydrogen) atoms. The van der Waals surface area contributed by atoms with Crippen molar-refractivity contribution >= 4 is 22.1 Å². The Labute approximate surface area is 245 Å². The van der Waals surface area contributed by atoms with Crippen molar-refractivity contribution in [2.24, 2.45) is 5.92 Å². The minimum atomic E-state index is -5.04. The van der Waals surface area contributed by atoms with E-state index in [0.29, 0.717) is 17.7 Å². The highest BCUT2D eigenvalue weighted by Crippen LogP contribution is 2.43. The lowest BCUT2D eigenvalue weighted by Crippen LogP contribution is -2.57. The zero-order chi connectivity index (χ0) is 32.1. The summed E-state index contributed by atoms with van der Waals surface area (Å²) >= 11 is 0. The number of nitrogens with zero attached hydrogens (tertiary/aromatic N) is 3. The van der Waals surface area contributed by atoms with Gasteiger partial charge in [-0.25, -0.2) is 4.79 Å². The van der Waals surface area contributed by atoms with Crippen molar-refractivity contribution in [1.29, 1.82) is 0 Å². The molecule has 2 aliphatic rings. The molecule has 2 saturated heterocycles. The molecule has 2 aromatic rings. The molecule has 15 heteroatoms. The van der Waals surface area contributed by atoms with Gasteiger partial charge >= 0.3 is 18.4 Å². The molecule has 236 valence electrons. The van der Waals surface area contributed by atoms with Gasteiger partial charge in [0, 0.05) is 20.1 Å². The first kappa shape index (κ1) is 32.6. The molecule has 2 aromatic carbocycles. The van der Waals surface area contributed by atoms with Crippen LogP contribution in [0, 0.1) is 12.8 Å². The third kappa shape index (κ3) is 6.92. The highest BCUT2D eigenvalue weighted by molar-refractivity contribution is 7.85. The van der Waals surface area contributed by atoms with Crippen molar-refractivity contribution in [3.8, 4) is 0 Å². The van der Waals surface area contributed by atoms with E-state index in [-0.39, 0.29) is 43.7 Å². The highest BCUT2D eigenvalue weighted by Gasteiger charge is 2.50. The molecule has 4 atom stereocenters. The molecule has 2 fully saturated rings. The Hall–Kier alpha value is -3.33. The molecular weight excluding hydrogens is 604 g/mol. The van der Waals surface area contributed by atoms with Crippen LogP contribution in [0.15, 0.2) is 42.5 Å². The summed E-state index contributed by atoms with van der Waals surface area (Å²) in [6, 6.07) is 5.21. The maximum absolute atomic E-state index is 14.0. The lowest BCUT2D eigenvalue weighted by molar-refractivity contribution is -0.143. The quantitative estimate of drug-likeness (QED) is 0.314. The Kier molecular flexibility index (Phi) is 8.82. The van der Waals surface area contributed by atoms with Gasteiger partial charge in [0.1, 0.15) is 0 Å². The molecule has 0 bridgehead atoms. The van der Waals surface area contributed by atoms with Crippen LogP contribution >= 0.6 is 0 Å². The number of hydrogen-bond donors (Lipinski definition) is 0. The van der Waals surface area contributed by atoms with Gasteiger partial charge in [-0.1, -0.05) is 24.3 Å². The van der Waals surface area contributed by atoms with Crippen molar-refractivity contribution in [1.82, 2.24) is 14.7 Å². The van der Waals surface area contributed by atoms with E-state index in [2.05, 4.69) is 0 Å². The summed E-state index contributed by atoms with van der Waals surface area (Å²) < 4.78 is 109. The van der Waals surface area contributed by atoms with Crippen LogP contribution in [0.25, 0.3) is 0 Å². The molecule has 0 aromatic heterocycles. The largest absolute Gasteiger partial charge is 0.416 e. The van der Waals surface area contributed by atoms with Gasteiger partial charge in [0.2, 0.25) is 5.91 Å². The van der Waals surface area contributed by atoms with Gasteiger partial charge in [0.05, 0.1) is 48.0 Å². The maximum Gasteiger partial charge on any atom is 0.416 e. The summed E-state index contributed by atoms with van der Waals surface area (Å²) in [5.41, 5.74) is -1.83. The molecule has 2 aliphatic heterocycles. The lowest BCUT2D eigenvalue weighted by atomic mass is 9.89. The van der Waals surface area contributed by atoms with E-state index in [1.54, 1.807) is 23.1 Å². The van der Waals surface area contributed by atoms with Gasteiger partial charge < -0.3 is 14.7 Å². The Bertz CT molecular complexity index is 1460. The van der Waals surface area contributed by atoms with Crippen LogP contribution < -0.4 is 0 Å². The summed E-state index contributed by atoms with van der Waals surface area (Å²) in [6.45, 7) is 2.90. The number of halogens is 6. The van der Waals surface area contributed by atoms with E-state index in [1.165, 1.54) is 18.9 Å². The maximum atomic E-state index is 14.0. The smallest absolute Gasteiger partial charge is 0.335 e. The van der Waals surface area contributed by atoms with Crippen LogP contribution in [-0.4, -0.2) is 74.1 Å². The van der Waals surface area contributed by atoms with Crippen LogP contribution in [0.4, 0.5) is 31.1 Å². The first-order chi connectivity index (χ1) is 19.8. The average molecular weight is 636 g/mol. The highest BCUT2D eigenvalue weighted by atomic mass is 32.2. The minimum absolute atomic E-state index is 0.0210. The standard InChI is InChI=1S/C28H31F6N3O5S/c1-16-7-5-6-8-22(16)24-23-13-19(15-42-43(4,40)41)25(38)36(23)9-10-37(24)26(39)35(3)17(2)18-11-20(27(29,30)31)14-21(12-18)28(32,33)34/h5-8,11-12,14,17,19,23-24H,9-10,13,15H2,1-4H3. The number of hydrogen-bond acceptors (Lipinski definition) is 5. The first-order valence-corrected chi connectivity index (χ1v) is 15.1. The molecular formula is C28H31F6N3O5S. The summed E-state index contributed by atoms with van der Waals surface area (Å²) in [5, 5.41) is 0. The third-order valence-corrected chi connectivity index (χ3v) is 8.62. The second-order valence-electron chi connectivity index (χ2n) is 10.9. The van der Waals surface area contributed by atoms with Crippen molar-refractivity contribution < 1.29 is 48.5 Å². The summed E-state index contributed by atoms with van der Waals surface area (Å²) in [4.78, 5) is 31.3. The molecule has 0 radical (unpaired) electrons. The second kappa shape index (κ2) is 11.6. The van der Waals surface area contributed by atoms with Crippen molar-refractivity contribution in [2.75, 3.05) is 33.0 Å². The van der Waals surface area contributed by atoms with Gasteiger partial charge in [0.15, 0.2) is 0 Å². The number of urea groups is 1.